The van der Waals surface area contributed by atoms with Crippen LogP contribution in [0.2, 0.25) is 0 Å². The number of benzene rings is 2. The molecular weight excluding hydrogens is 281 g/mol. The van der Waals surface area contributed by atoms with Crippen molar-refractivity contribution < 1.29 is 9.31 Å². The molecule has 0 saturated carbocycles. The minimum Gasteiger partial charge on any atom is -0.264 e. The first-order valence-electron chi connectivity index (χ1n) is 7.40. The lowest BCUT2D eigenvalue weighted by molar-refractivity contribution is -0.508. The van der Waals surface area contributed by atoms with Crippen LogP contribution in [0.1, 0.15) is 28.7 Å². The lowest BCUT2D eigenvalue weighted by Crippen LogP contribution is -2.23. The highest BCUT2D eigenvalue weighted by molar-refractivity contribution is 5.94. The van der Waals surface area contributed by atoms with E-state index < -0.39 is 6.04 Å². The Morgan fingerprint density at radius 2 is 2.05 bits per heavy atom. The van der Waals surface area contributed by atoms with E-state index in [1.165, 1.54) is 6.08 Å². The van der Waals surface area contributed by atoms with Gasteiger partial charge in [0.2, 0.25) is 6.04 Å². The Kier molecular flexibility index (Phi) is 2.86. The second kappa shape index (κ2) is 4.77. The number of nitrogens with zero attached hydrogens (tertiary/aromatic N) is 1. The number of fused-ring (bicyclic) bond motifs is 5. The Balaban J connectivity index is 2.00. The largest absolute Gasteiger partial charge is 0.264 e. The van der Waals surface area contributed by atoms with Crippen molar-refractivity contribution in [2.45, 2.75) is 25.3 Å². The normalized spacial score (nSPS) is 19.0. The molecule has 0 spiro atoms. The van der Waals surface area contributed by atoms with E-state index in [1.54, 1.807) is 12.1 Å². The lowest BCUT2D eigenvalue weighted by atomic mass is 9.85. The van der Waals surface area contributed by atoms with Crippen LogP contribution in [0.25, 0.3) is 22.9 Å². The smallest absolute Gasteiger partial charge is 0.235 e. The molecule has 3 nitrogen and oxygen atoms in total. The number of hydrogen-bond donors (Lipinski definition) is 0. The van der Waals surface area contributed by atoms with Gasteiger partial charge in [-0.15, -0.1) is 0 Å². The summed E-state index contributed by atoms with van der Waals surface area (Å²) in [6, 6.07) is 4.82. The number of hydrogen-bond acceptors (Lipinski definition) is 2. The molecule has 0 aliphatic heterocycles. The number of halogens is 1. The van der Waals surface area contributed by atoms with Crippen LogP contribution < -0.4 is 0 Å². The molecule has 2 aromatic carbocycles. The SMILES string of the molecule is O=[N+]([O-])C1C=Cc2c(F)cc3c4c(ccc3c2C1)C=CCC4. The third-order valence-corrected chi connectivity index (χ3v) is 4.60. The van der Waals surface area contributed by atoms with Crippen molar-refractivity contribution in [1.29, 1.82) is 0 Å². The highest BCUT2D eigenvalue weighted by atomic mass is 19.1. The first-order valence-corrected chi connectivity index (χ1v) is 7.40. The second-order valence-electron chi connectivity index (χ2n) is 5.84. The molecule has 0 N–H and O–H groups in total. The molecule has 0 heterocycles. The molecular formula is C18H14FNO2. The molecule has 22 heavy (non-hydrogen) atoms. The molecule has 4 rings (SSSR count). The van der Waals surface area contributed by atoms with Gasteiger partial charge in [0.1, 0.15) is 5.82 Å². The van der Waals surface area contributed by atoms with Gasteiger partial charge in [0, 0.05) is 16.9 Å². The first kappa shape index (κ1) is 13.2. The summed E-state index contributed by atoms with van der Waals surface area (Å²) >= 11 is 0. The van der Waals surface area contributed by atoms with Gasteiger partial charge in [0.15, 0.2) is 0 Å². The first-order chi connectivity index (χ1) is 10.6. The third-order valence-electron chi connectivity index (χ3n) is 4.60. The molecule has 2 aromatic rings. The van der Waals surface area contributed by atoms with Gasteiger partial charge in [-0.3, -0.25) is 10.1 Å². The number of nitro groups is 1. The van der Waals surface area contributed by atoms with Crippen LogP contribution in [-0.4, -0.2) is 11.0 Å². The van der Waals surface area contributed by atoms with Crippen LogP contribution in [0.5, 0.6) is 0 Å². The van der Waals surface area contributed by atoms with Gasteiger partial charge in [0.05, 0.1) is 0 Å². The van der Waals surface area contributed by atoms with E-state index in [0.717, 1.165) is 40.3 Å². The molecule has 110 valence electrons. The van der Waals surface area contributed by atoms with Crippen molar-refractivity contribution in [1.82, 2.24) is 0 Å². The van der Waals surface area contributed by atoms with E-state index >= 15 is 0 Å². The molecule has 0 amide bonds. The van der Waals surface area contributed by atoms with Crippen molar-refractivity contribution in [3.05, 3.63) is 68.5 Å². The van der Waals surface area contributed by atoms with Crippen LogP contribution >= 0.6 is 0 Å². The summed E-state index contributed by atoms with van der Waals surface area (Å²) in [6.07, 6.45) is 9.31. The van der Waals surface area contributed by atoms with E-state index in [-0.39, 0.29) is 17.2 Å². The van der Waals surface area contributed by atoms with E-state index in [0.29, 0.717) is 5.56 Å². The van der Waals surface area contributed by atoms with Crippen molar-refractivity contribution >= 4 is 22.9 Å². The molecule has 1 atom stereocenters. The molecule has 1 unspecified atom stereocenters. The van der Waals surface area contributed by atoms with E-state index in [4.69, 9.17) is 0 Å². The van der Waals surface area contributed by atoms with Gasteiger partial charge in [-0.25, -0.2) is 4.39 Å². The maximum atomic E-state index is 14.5. The van der Waals surface area contributed by atoms with Crippen LogP contribution in [0.4, 0.5) is 4.39 Å². The minimum atomic E-state index is -0.770. The van der Waals surface area contributed by atoms with Crippen molar-refractivity contribution in [2.75, 3.05) is 0 Å². The Hall–Kier alpha value is -2.49. The van der Waals surface area contributed by atoms with Gasteiger partial charge < -0.3 is 0 Å². The summed E-state index contributed by atoms with van der Waals surface area (Å²) in [5.41, 5.74) is 3.53. The highest BCUT2D eigenvalue weighted by Gasteiger charge is 2.26. The van der Waals surface area contributed by atoms with Crippen LogP contribution in [0, 0.1) is 15.9 Å². The fourth-order valence-corrected chi connectivity index (χ4v) is 3.51. The Labute approximate surface area is 126 Å². The maximum absolute atomic E-state index is 14.5. The topological polar surface area (TPSA) is 43.1 Å². The molecule has 0 aromatic heterocycles. The zero-order chi connectivity index (χ0) is 15.3. The molecule has 2 aliphatic carbocycles. The third kappa shape index (κ3) is 1.87. The van der Waals surface area contributed by atoms with Crippen LogP contribution in [-0.2, 0) is 12.8 Å². The molecule has 0 bridgehead atoms. The summed E-state index contributed by atoms with van der Waals surface area (Å²) < 4.78 is 14.5. The maximum Gasteiger partial charge on any atom is 0.235 e. The minimum absolute atomic E-state index is 0.252. The Morgan fingerprint density at radius 1 is 1.18 bits per heavy atom. The summed E-state index contributed by atoms with van der Waals surface area (Å²) in [5.74, 6) is -0.288. The fourth-order valence-electron chi connectivity index (χ4n) is 3.51. The summed E-state index contributed by atoms with van der Waals surface area (Å²) in [6.45, 7) is 0. The van der Waals surface area contributed by atoms with Gasteiger partial charge >= 0.3 is 0 Å². The van der Waals surface area contributed by atoms with Crippen LogP contribution in [0.15, 0.2) is 30.4 Å². The Morgan fingerprint density at radius 3 is 2.86 bits per heavy atom. The Bertz CT molecular complexity index is 867. The number of aryl methyl sites for hydroxylation is 1. The van der Waals surface area contributed by atoms with Gasteiger partial charge in [-0.1, -0.05) is 24.3 Å². The van der Waals surface area contributed by atoms with Crippen molar-refractivity contribution in [3.63, 3.8) is 0 Å². The summed E-state index contributed by atoms with van der Waals surface area (Å²) in [4.78, 5) is 10.8. The number of allylic oxidation sites excluding steroid dienone is 1. The summed E-state index contributed by atoms with van der Waals surface area (Å²) in [7, 11) is 0. The summed E-state index contributed by atoms with van der Waals surface area (Å²) in [5, 5.41) is 12.9. The standard InChI is InChI=1S/C18H14FNO2/c19-18-10-17-13-4-2-1-3-11(13)5-7-14(17)16-9-12(20(21)22)6-8-15(16)18/h1,3,5-8,10,12H,2,4,9H2. The van der Waals surface area contributed by atoms with Crippen molar-refractivity contribution in [2.24, 2.45) is 0 Å². The molecule has 2 aliphatic rings. The van der Waals surface area contributed by atoms with E-state index in [9.17, 15) is 14.5 Å². The second-order valence-corrected chi connectivity index (χ2v) is 5.84. The number of rotatable bonds is 1. The van der Waals surface area contributed by atoms with Crippen molar-refractivity contribution in [3.8, 4) is 0 Å². The fraction of sp³-hybridized carbons (Fsp3) is 0.222. The van der Waals surface area contributed by atoms with Gasteiger partial charge in [-0.05, 0) is 58.5 Å². The average Bonchev–Trinajstić information content (AvgIpc) is 2.54. The van der Waals surface area contributed by atoms with Gasteiger partial charge in [-0.2, -0.15) is 0 Å². The molecule has 0 fully saturated rings. The zero-order valence-corrected chi connectivity index (χ0v) is 11.9. The zero-order valence-electron chi connectivity index (χ0n) is 11.9. The lowest BCUT2D eigenvalue weighted by Gasteiger charge is -2.20. The van der Waals surface area contributed by atoms with E-state index in [2.05, 4.69) is 12.2 Å². The molecule has 0 saturated heterocycles. The van der Waals surface area contributed by atoms with Crippen LogP contribution in [0.3, 0.4) is 0 Å². The predicted octanol–water partition coefficient (Wildman–Crippen LogP) is 4.15. The quantitative estimate of drug-likeness (QED) is 0.586. The molecule has 4 heteroatoms. The molecule has 0 radical (unpaired) electrons. The highest BCUT2D eigenvalue weighted by Crippen LogP contribution is 2.35. The van der Waals surface area contributed by atoms with E-state index in [1.807, 2.05) is 12.1 Å². The predicted molar refractivity (Wildman–Crippen MR) is 84.8 cm³/mol. The van der Waals surface area contributed by atoms with Gasteiger partial charge in [0.25, 0.3) is 0 Å². The monoisotopic (exact) mass is 295 g/mol. The average molecular weight is 295 g/mol.